The molecule has 1 fully saturated rings. The summed E-state index contributed by atoms with van der Waals surface area (Å²) in [4.78, 5) is 15.5. The molecule has 1 aliphatic rings. The summed E-state index contributed by atoms with van der Waals surface area (Å²) in [5.74, 6) is -0.291. The second-order valence-corrected chi connectivity index (χ2v) is 10.6. The van der Waals surface area contributed by atoms with E-state index in [9.17, 15) is 13.2 Å². The lowest BCUT2D eigenvalue weighted by Gasteiger charge is -2.30. The Balaban J connectivity index is 1.70. The Morgan fingerprint density at radius 3 is 2.41 bits per heavy atom. The van der Waals surface area contributed by atoms with Crippen LogP contribution in [0.15, 0.2) is 48.5 Å². The number of rotatable bonds is 9. The highest BCUT2D eigenvalue weighted by Gasteiger charge is 2.31. The van der Waals surface area contributed by atoms with Gasteiger partial charge in [-0.2, -0.15) is 0 Å². The van der Waals surface area contributed by atoms with E-state index < -0.39 is 16.1 Å². The highest BCUT2D eigenvalue weighted by atomic mass is 32.2. The molecule has 1 amide bonds. The predicted molar refractivity (Wildman–Crippen MR) is 130 cm³/mol. The molecule has 7 heteroatoms. The first kappa shape index (κ1) is 24.3. The van der Waals surface area contributed by atoms with E-state index in [0.717, 1.165) is 37.0 Å². The maximum atomic E-state index is 13.1. The minimum absolute atomic E-state index is 0.291. The topological polar surface area (TPSA) is 69.7 Å². The smallest absolute Gasteiger partial charge is 0.244 e. The molecule has 3 rings (SSSR count). The van der Waals surface area contributed by atoms with E-state index >= 15 is 0 Å². The van der Waals surface area contributed by atoms with Gasteiger partial charge in [-0.25, -0.2) is 8.42 Å². The van der Waals surface area contributed by atoms with Crippen molar-refractivity contribution < 1.29 is 13.2 Å². The largest absolute Gasteiger partial charge is 0.350 e. The standard InChI is InChI=1S/C25H35N3O3S/c1-4-24(28(32(3,30)31)23-13-8-10-20(2)16-23)25(29)26-18-21-11-9-12-22(17-21)19-27-14-6-5-7-15-27/h8-13,16-17,24H,4-7,14-15,18-19H2,1-3H3,(H,26,29). The molecule has 0 saturated carbocycles. The molecular formula is C25H35N3O3S. The molecule has 1 aliphatic heterocycles. The second kappa shape index (κ2) is 11.0. The van der Waals surface area contributed by atoms with Crippen LogP contribution in [0, 0.1) is 6.92 Å². The summed E-state index contributed by atoms with van der Waals surface area (Å²) in [6.45, 7) is 7.31. The van der Waals surface area contributed by atoms with Gasteiger partial charge in [0.15, 0.2) is 0 Å². The predicted octanol–water partition coefficient (Wildman–Crippen LogP) is 3.84. The Hall–Kier alpha value is -2.38. The van der Waals surface area contributed by atoms with Crippen molar-refractivity contribution in [1.82, 2.24) is 10.2 Å². The van der Waals surface area contributed by atoms with E-state index in [1.807, 2.05) is 32.0 Å². The van der Waals surface area contributed by atoms with E-state index in [1.54, 1.807) is 18.2 Å². The number of carbonyl (C=O) groups is 1. The van der Waals surface area contributed by atoms with E-state index in [2.05, 4.69) is 22.3 Å². The molecule has 2 aromatic rings. The minimum atomic E-state index is -3.63. The van der Waals surface area contributed by atoms with Crippen molar-refractivity contribution in [1.29, 1.82) is 0 Å². The van der Waals surface area contributed by atoms with Gasteiger partial charge < -0.3 is 5.32 Å². The highest BCUT2D eigenvalue weighted by molar-refractivity contribution is 7.92. The van der Waals surface area contributed by atoms with Crippen molar-refractivity contribution in [3.05, 3.63) is 65.2 Å². The Kier molecular flexibility index (Phi) is 8.32. The van der Waals surface area contributed by atoms with E-state index in [-0.39, 0.29) is 5.91 Å². The normalized spacial score (nSPS) is 15.8. The molecule has 0 spiro atoms. The number of carbonyl (C=O) groups excluding carboxylic acids is 1. The van der Waals surface area contributed by atoms with Crippen LogP contribution in [0.4, 0.5) is 5.69 Å². The van der Waals surface area contributed by atoms with Crippen LogP contribution in [0.2, 0.25) is 0 Å². The molecule has 32 heavy (non-hydrogen) atoms. The quantitative estimate of drug-likeness (QED) is 0.621. The van der Waals surface area contributed by atoms with E-state index in [0.29, 0.717) is 18.7 Å². The van der Waals surface area contributed by atoms with Crippen LogP contribution in [-0.2, 0) is 27.9 Å². The van der Waals surface area contributed by atoms with Gasteiger partial charge in [-0.1, -0.05) is 49.7 Å². The number of nitrogens with zero attached hydrogens (tertiary/aromatic N) is 2. The average molecular weight is 458 g/mol. The number of hydrogen-bond donors (Lipinski definition) is 1. The first-order valence-corrected chi connectivity index (χ1v) is 13.3. The number of likely N-dealkylation sites (tertiary alicyclic amines) is 1. The van der Waals surface area contributed by atoms with Crippen molar-refractivity contribution in [2.45, 2.75) is 58.7 Å². The molecule has 0 aromatic heterocycles. The maximum absolute atomic E-state index is 13.1. The molecule has 174 valence electrons. The minimum Gasteiger partial charge on any atom is -0.350 e. The van der Waals surface area contributed by atoms with Crippen LogP contribution in [-0.4, -0.2) is 44.6 Å². The van der Waals surface area contributed by atoms with Crippen LogP contribution < -0.4 is 9.62 Å². The summed E-state index contributed by atoms with van der Waals surface area (Å²) in [6.07, 6.45) is 5.35. The Bertz CT molecular complexity index is 1020. The van der Waals surface area contributed by atoms with Gasteiger partial charge in [-0.3, -0.25) is 14.0 Å². The Labute approximate surface area is 192 Å². The number of sulfonamides is 1. The van der Waals surface area contributed by atoms with Gasteiger partial charge in [0.05, 0.1) is 11.9 Å². The van der Waals surface area contributed by atoms with Crippen molar-refractivity contribution in [3.8, 4) is 0 Å². The molecular weight excluding hydrogens is 422 g/mol. The third kappa shape index (κ3) is 6.56. The first-order chi connectivity index (χ1) is 15.3. The molecule has 1 N–H and O–H groups in total. The lowest BCUT2D eigenvalue weighted by Crippen LogP contribution is -2.49. The summed E-state index contributed by atoms with van der Waals surface area (Å²) in [5, 5.41) is 2.96. The van der Waals surface area contributed by atoms with Crippen molar-refractivity contribution in [3.63, 3.8) is 0 Å². The van der Waals surface area contributed by atoms with Crippen LogP contribution in [0.1, 0.15) is 49.3 Å². The van der Waals surface area contributed by atoms with Crippen molar-refractivity contribution in [2.24, 2.45) is 0 Å². The molecule has 1 atom stereocenters. The van der Waals surface area contributed by atoms with E-state index in [4.69, 9.17) is 0 Å². The Morgan fingerprint density at radius 1 is 1.06 bits per heavy atom. The molecule has 6 nitrogen and oxygen atoms in total. The van der Waals surface area contributed by atoms with Gasteiger partial charge in [0, 0.05) is 13.1 Å². The number of aryl methyl sites for hydroxylation is 1. The lowest BCUT2D eigenvalue weighted by atomic mass is 10.1. The molecule has 0 bridgehead atoms. The number of hydrogen-bond acceptors (Lipinski definition) is 4. The SMILES string of the molecule is CCC(C(=O)NCc1cccc(CN2CCCCC2)c1)N(c1cccc(C)c1)S(C)(=O)=O. The molecule has 1 unspecified atom stereocenters. The van der Waals surface area contributed by atoms with Gasteiger partial charge in [-0.15, -0.1) is 0 Å². The summed E-state index contributed by atoms with van der Waals surface area (Å²) >= 11 is 0. The molecule has 1 heterocycles. The van der Waals surface area contributed by atoms with E-state index in [1.165, 1.54) is 29.1 Å². The monoisotopic (exact) mass is 457 g/mol. The van der Waals surface area contributed by atoms with Crippen LogP contribution in [0.3, 0.4) is 0 Å². The first-order valence-electron chi connectivity index (χ1n) is 11.4. The Morgan fingerprint density at radius 2 is 1.75 bits per heavy atom. The molecule has 0 aliphatic carbocycles. The fourth-order valence-electron chi connectivity index (χ4n) is 4.35. The summed E-state index contributed by atoms with van der Waals surface area (Å²) in [5.41, 5.74) is 3.71. The van der Waals surface area contributed by atoms with Gasteiger partial charge >= 0.3 is 0 Å². The van der Waals surface area contributed by atoms with Gasteiger partial charge in [-0.05, 0) is 68.1 Å². The lowest BCUT2D eigenvalue weighted by molar-refractivity contribution is -0.122. The molecule has 1 saturated heterocycles. The van der Waals surface area contributed by atoms with Crippen LogP contribution in [0.25, 0.3) is 0 Å². The number of amides is 1. The number of nitrogens with one attached hydrogen (secondary N) is 1. The highest BCUT2D eigenvalue weighted by Crippen LogP contribution is 2.23. The zero-order chi connectivity index (χ0) is 23.1. The zero-order valence-electron chi connectivity index (χ0n) is 19.4. The second-order valence-electron chi connectivity index (χ2n) is 8.70. The average Bonchev–Trinajstić information content (AvgIpc) is 2.76. The number of benzene rings is 2. The van der Waals surface area contributed by atoms with Crippen molar-refractivity contribution in [2.75, 3.05) is 23.7 Å². The fourth-order valence-corrected chi connectivity index (χ4v) is 5.55. The van der Waals surface area contributed by atoms with Gasteiger partial charge in [0.25, 0.3) is 0 Å². The number of anilines is 1. The molecule has 2 aromatic carbocycles. The van der Waals surface area contributed by atoms with Crippen LogP contribution >= 0.6 is 0 Å². The summed E-state index contributed by atoms with van der Waals surface area (Å²) in [7, 11) is -3.63. The van der Waals surface area contributed by atoms with Crippen molar-refractivity contribution >= 4 is 21.6 Å². The van der Waals surface area contributed by atoms with Crippen LogP contribution in [0.5, 0.6) is 0 Å². The third-order valence-electron chi connectivity index (χ3n) is 5.90. The zero-order valence-corrected chi connectivity index (χ0v) is 20.2. The number of piperidine rings is 1. The summed E-state index contributed by atoms with van der Waals surface area (Å²) in [6, 6.07) is 14.7. The van der Waals surface area contributed by atoms with Gasteiger partial charge in [0.1, 0.15) is 6.04 Å². The van der Waals surface area contributed by atoms with Gasteiger partial charge in [0.2, 0.25) is 15.9 Å². The maximum Gasteiger partial charge on any atom is 0.244 e. The fraction of sp³-hybridized carbons (Fsp3) is 0.480. The summed E-state index contributed by atoms with van der Waals surface area (Å²) < 4.78 is 26.4. The third-order valence-corrected chi connectivity index (χ3v) is 7.08. The molecule has 0 radical (unpaired) electrons.